The quantitative estimate of drug-likeness (QED) is 0.604. The van der Waals surface area contributed by atoms with Gasteiger partial charge in [-0.2, -0.15) is 0 Å². The fourth-order valence-corrected chi connectivity index (χ4v) is 4.10. The van der Waals surface area contributed by atoms with Gasteiger partial charge in [0.15, 0.2) is 17.7 Å². The summed E-state index contributed by atoms with van der Waals surface area (Å²) < 4.78 is 37.9. The summed E-state index contributed by atoms with van der Waals surface area (Å²) in [7, 11) is 1.24. The standard InChI is InChI=1S/C20H16F2N2O4S/c1-10-3-4-15-14(5-10)24(20(26)16(28-15)8-19(25)27-2)9-18-23-13-6-11(21)12(22)7-17(13)29-18/h3-7,16H,8-9H2,1-2H3. The van der Waals surface area contributed by atoms with Crippen LogP contribution in [-0.4, -0.2) is 30.1 Å². The van der Waals surface area contributed by atoms with Crippen molar-refractivity contribution in [2.24, 2.45) is 0 Å². The van der Waals surface area contributed by atoms with Crippen LogP contribution in [0.4, 0.5) is 14.5 Å². The number of thiazole rings is 1. The molecule has 2 heterocycles. The number of ether oxygens (including phenoxy) is 2. The molecule has 0 saturated heterocycles. The van der Waals surface area contributed by atoms with Crippen LogP contribution in [0.2, 0.25) is 0 Å². The van der Waals surface area contributed by atoms with Crippen molar-refractivity contribution in [3.63, 3.8) is 0 Å². The molecule has 0 spiro atoms. The molecular weight excluding hydrogens is 402 g/mol. The molecule has 0 saturated carbocycles. The van der Waals surface area contributed by atoms with Crippen LogP contribution < -0.4 is 9.64 Å². The molecule has 1 unspecified atom stereocenters. The van der Waals surface area contributed by atoms with Crippen molar-refractivity contribution in [2.75, 3.05) is 12.0 Å². The summed E-state index contributed by atoms with van der Waals surface area (Å²) in [5, 5.41) is 0.504. The molecule has 4 rings (SSSR count). The van der Waals surface area contributed by atoms with E-state index in [1.807, 2.05) is 13.0 Å². The van der Waals surface area contributed by atoms with E-state index in [1.54, 1.807) is 12.1 Å². The zero-order valence-electron chi connectivity index (χ0n) is 15.6. The van der Waals surface area contributed by atoms with Crippen molar-refractivity contribution in [3.05, 3.63) is 52.5 Å². The Hall–Kier alpha value is -3.07. The van der Waals surface area contributed by atoms with E-state index in [1.165, 1.54) is 23.3 Å². The smallest absolute Gasteiger partial charge is 0.309 e. The molecule has 29 heavy (non-hydrogen) atoms. The van der Waals surface area contributed by atoms with E-state index in [2.05, 4.69) is 9.72 Å². The van der Waals surface area contributed by atoms with Crippen LogP contribution in [0, 0.1) is 18.6 Å². The molecular formula is C20H16F2N2O4S. The maximum absolute atomic E-state index is 13.5. The Balaban J connectivity index is 1.71. The summed E-state index contributed by atoms with van der Waals surface area (Å²) in [6.45, 7) is 1.96. The second kappa shape index (κ2) is 7.40. The van der Waals surface area contributed by atoms with E-state index in [0.717, 1.165) is 17.7 Å². The Kier molecular flexibility index (Phi) is 4.91. The lowest BCUT2D eigenvalue weighted by molar-refractivity contribution is -0.145. The molecule has 0 radical (unpaired) electrons. The van der Waals surface area contributed by atoms with Crippen molar-refractivity contribution in [2.45, 2.75) is 26.0 Å². The zero-order valence-corrected chi connectivity index (χ0v) is 16.4. The number of aryl methyl sites for hydroxylation is 1. The number of fused-ring (bicyclic) bond motifs is 2. The molecule has 1 amide bonds. The maximum atomic E-state index is 13.5. The summed E-state index contributed by atoms with van der Waals surface area (Å²) in [4.78, 5) is 30.5. The molecule has 1 aromatic heterocycles. The molecule has 1 atom stereocenters. The Morgan fingerprint density at radius 3 is 2.79 bits per heavy atom. The first-order valence-corrected chi connectivity index (χ1v) is 9.57. The van der Waals surface area contributed by atoms with Crippen LogP contribution in [0.1, 0.15) is 17.0 Å². The third-order valence-electron chi connectivity index (χ3n) is 4.56. The molecule has 2 aromatic carbocycles. The van der Waals surface area contributed by atoms with Gasteiger partial charge in [0.2, 0.25) is 0 Å². The second-order valence-electron chi connectivity index (χ2n) is 6.62. The van der Waals surface area contributed by atoms with Crippen molar-refractivity contribution >= 4 is 39.1 Å². The summed E-state index contributed by atoms with van der Waals surface area (Å²) in [5.74, 6) is -2.44. The normalized spacial score (nSPS) is 15.9. The topological polar surface area (TPSA) is 68.7 Å². The van der Waals surface area contributed by atoms with E-state index in [4.69, 9.17) is 4.74 Å². The maximum Gasteiger partial charge on any atom is 0.309 e. The van der Waals surface area contributed by atoms with Crippen LogP contribution in [0.15, 0.2) is 30.3 Å². The highest BCUT2D eigenvalue weighted by Crippen LogP contribution is 2.37. The lowest BCUT2D eigenvalue weighted by Crippen LogP contribution is -2.46. The number of hydrogen-bond donors (Lipinski definition) is 0. The van der Waals surface area contributed by atoms with E-state index < -0.39 is 29.6 Å². The lowest BCUT2D eigenvalue weighted by atomic mass is 10.1. The number of nitrogens with zero attached hydrogens (tertiary/aromatic N) is 2. The number of rotatable bonds is 4. The molecule has 6 nitrogen and oxygen atoms in total. The molecule has 0 aliphatic carbocycles. The van der Waals surface area contributed by atoms with Crippen molar-refractivity contribution < 1.29 is 27.8 Å². The molecule has 0 fully saturated rings. The summed E-state index contributed by atoms with van der Waals surface area (Å²) in [6.07, 6.45) is -1.25. The van der Waals surface area contributed by atoms with Crippen molar-refractivity contribution in [3.8, 4) is 5.75 Å². The van der Waals surface area contributed by atoms with Gasteiger partial charge in [0.05, 0.1) is 36.0 Å². The third kappa shape index (κ3) is 3.65. The number of aromatic nitrogens is 1. The van der Waals surface area contributed by atoms with Crippen molar-refractivity contribution in [1.29, 1.82) is 0 Å². The molecule has 0 bridgehead atoms. The van der Waals surface area contributed by atoms with Gasteiger partial charge in [0, 0.05) is 6.07 Å². The van der Waals surface area contributed by atoms with Gasteiger partial charge in [-0.25, -0.2) is 13.8 Å². The van der Waals surface area contributed by atoms with E-state index in [9.17, 15) is 18.4 Å². The molecule has 3 aromatic rings. The predicted molar refractivity (Wildman–Crippen MR) is 103 cm³/mol. The molecule has 150 valence electrons. The average molecular weight is 418 g/mol. The van der Waals surface area contributed by atoms with Crippen molar-refractivity contribution in [1.82, 2.24) is 4.98 Å². The van der Waals surface area contributed by atoms with E-state index >= 15 is 0 Å². The predicted octanol–water partition coefficient (Wildman–Crippen LogP) is 3.74. The molecule has 9 heteroatoms. The fraction of sp³-hybridized carbons (Fsp3) is 0.250. The van der Waals surface area contributed by atoms with Gasteiger partial charge >= 0.3 is 5.97 Å². The number of carbonyl (C=O) groups excluding carboxylic acids is 2. The first-order chi connectivity index (χ1) is 13.9. The van der Waals surface area contributed by atoms with Crippen LogP contribution in [0.5, 0.6) is 5.75 Å². The molecule has 1 aliphatic heterocycles. The third-order valence-corrected chi connectivity index (χ3v) is 5.57. The van der Waals surface area contributed by atoms with Crippen LogP contribution >= 0.6 is 11.3 Å². The zero-order chi connectivity index (χ0) is 20.7. The molecule has 1 aliphatic rings. The Morgan fingerprint density at radius 2 is 2.03 bits per heavy atom. The monoisotopic (exact) mass is 418 g/mol. The summed E-state index contributed by atoms with van der Waals surface area (Å²) >= 11 is 1.17. The second-order valence-corrected chi connectivity index (χ2v) is 7.74. The van der Waals surface area contributed by atoms with Gasteiger partial charge in [0.25, 0.3) is 5.91 Å². The van der Waals surface area contributed by atoms with Gasteiger partial charge in [-0.3, -0.25) is 14.5 Å². The average Bonchev–Trinajstić information content (AvgIpc) is 3.06. The Bertz CT molecular complexity index is 1090. The SMILES string of the molecule is COC(=O)CC1Oc2ccc(C)cc2N(Cc2nc3cc(F)c(F)cc3s2)C1=O. The first-order valence-electron chi connectivity index (χ1n) is 8.75. The van der Waals surface area contributed by atoms with Gasteiger partial charge in [-0.1, -0.05) is 6.07 Å². The number of methoxy groups -OCH3 is 1. The van der Waals surface area contributed by atoms with E-state index in [0.29, 0.717) is 26.7 Å². The molecule has 0 N–H and O–H groups in total. The highest BCUT2D eigenvalue weighted by molar-refractivity contribution is 7.18. The highest BCUT2D eigenvalue weighted by atomic mass is 32.1. The van der Waals surface area contributed by atoms with Gasteiger partial charge < -0.3 is 9.47 Å². The summed E-state index contributed by atoms with van der Waals surface area (Å²) in [5.41, 5.74) is 1.79. The van der Waals surface area contributed by atoms with Crippen LogP contribution in [-0.2, 0) is 20.9 Å². The number of esters is 1. The Labute approximate surface area is 168 Å². The number of amides is 1. The lowest BCUT2D eigenvalue weighted by Gasteiger charge is -2.33. The number of halogens is 2. The van der Waals surface area contributed by atoms with E-state index in [-0.39, 0.29) is 13.0 Å². The number of carbonyl (C=O) groups is 2. The number of benzene rings is 2. The fourth-order valence-electron chi connectivity index (χ4n) is 3.14. The largest absolute Gasteiger partial charge is 0.478 e. The Morgan fingerprint density at radius 1 is 1.28 bits per heavy atom. The summed E-state index contributed by atoms with van der Waals surface area (Å²) in [6, 6.07) is 7.49. The van der Waals surface area contributed by atoms with Gasteiger partial charge in [-0.05, 0) is 30.7 Å². The highest BCUT2D eigenvalue weighted by Gasteiger charge is 2.36. The number of anilines is 1. The van der Waals surface area contributed by atoms with Gasteiger partial charge in [0.1, 0.15) is 10.8 Å². The van der Waals surface area contributed by atoms with Crippen LogP contribution in [0.25, 0.3) is 10.2 Å². The van der Waals surface area contributed by atoms with Gasteiger partial charge in [-0.15, -0.1) is 11.3 Å². The van der Waals surface area contributed by atoms with Crippen LogP contribution in [0.3, 0.4) is 0 Å². The first kappa shape index (κ1) is 19.3. The number of hydrogen-bond acceptors (Lipinski definition) is 6. The minimum atomic E-state index is -1.03. The minimum Gasteiger partial charge on any atom is -0.478 e. The minimum absolute atomic E-state index is 0.0822.